The van der Waals surface area contributed by atoms with E-state index in [0.29, 0.717) is 11.6 Å². The van der Waals surface area contributed by atoms with E-state index in [4.69, 9.17) is 0 Å². The Hall–Kier alpha value is -2.09. The van der Waals surface area contributed by atoms with E-state index in [0.717, 1.165) is 6.54 Å². The number of likely N-dealkylation sites (N-methyl/N-ethyl adjacent to an activating group) is 1. The highest BCUT2D eigenvalue weighted by Crippen LogP contribution is 2.29. The molecule has 0 bridgehead atoms. The topological polar surface area (TPSA) is 61.0 Å². The summed E-state index contributed by atoms with van der Waals surface area (Å²) in [5, 5.41) is 2.73. The summed E-state index contributed by atoms with van der Waals surface area (Å²) in [6.07, 6.45) is -4.53. The molecule has 0 saturated carbocycles. The fraction of sp³-hybridized carbons (Fsp3) is 0.529. The SMILES string of the molecule is CCN(CC(=O)Nc1ccc2nc(C(F)(F)F)[nH]c2c1)C(C)C(C)C. The number of anilines is 1. The molecule has 25 heavy (non-hydrogen) atoms. The highest BCUT2D eigenvalue weighted by molar-refractivity contribution is 5.94. The van der Waals surface area contributed by atoms with Crippen LogP contribution in [0.4, 0.5) is 18.9 Å². The number of benzene rings is 1. The van der Waals surface area contributed by atoms with Gasteiger partial charge in [-0.3, -0.25) is 9.69 Å². The maximum atomic E-state index is 12.7. The molecule has 0 aliphatic heterocycles. The number of carbonyl (C=O) groups excluding carboxylic acids is 1. The van der Waals surface area contributed by atoms with Crippen LogP contribution in [0.1, 0.15) is 33.5 Å². The first-order valence-electron chi connectivity index (χ1n) is 8.22. The van der Waals surface area contributed by atoms with Gasteiger partial charge in [-0.05, 0) is 37.6 Å². The quantitative estimate of drug-likeness (QED) is 0.826. The van der Waals surface area contributed by atoms with Gasteiger partial charge in [-0.25, -0.2) is 4.98 Å². The molecule has 0 fully saturated rings. The second-order valence-corrected chi connectivity index (χ2v) is 6.41. The summed E-state index contributed by atoms with van der Waals surface area (Å²) in [6.45, 7) is 9.20. The Kier molecular flexibility index (Phi) is 5.72. The summed E-state index contributed by atoms with van der Waals surface area (Å²) in [7, 11) is 0. The van der Waals surface area contributed by atoms with Gasteiger partial charge in [-0.1, -0.05) is 20.8 Å². The summed E-state index contributed by atoms with van der Waals surface area (Å²) >= 11 is 0. The number of hydrogen-bond acceptors (Lipinski definition) is 3. The first-order valence-corrected chi connectivity index (χ1v) is 8.22. The van der Waals surface area contributed by atoms with Crippen LogP contribution >= 0.6 is 0 Å². The third-order valence-electron chi connectivity index (χ3n) is 4.33. The molecule has 1 heterocycles. The van der Waals surface area contributed by atoms with Crippen LogP contribution in [0.2, 0.25) is 0 Å². The molecule has 0 saturated heterocycles. The zero-order chi connectivity index (χ0) is 18.8. The number of hydrogen-bond donors (Lipinski definition) is 2. The minimum absolute atomic E-state index is 0.203. The van der Waals surface area contributed by atoms with E-state index in [-0.39, 0.29) is 29.5 Å². The van der Waals surface area contributed by atoms with Crippen LogP contribution in [-0.4, -0.2) is 39.9 Å². The van der Waals surface area contributed by atoms with Crippen LogP contribution in [-0.2, 0) is 11.0 Å². The average Bonchev–Trinajstić information content (AvgIpc) is 2.95. The molecule has 1 aromatic heterocycles. The number of nitrogens with one attached hydrogen (secondary N) is 2. The molecule has 0 aliphatic rings. The number of alkyl halides is 3. The summed E-state index contributed by atoms with van der Waals surface area (Å²) in [6, 6.07) is 4.70. The van der Waals surface area contributed by atoms with Crippen molar-refractivity contribution in [1.29, 1.82) is 0 Å². The van der Waals surface area contributed by atoms with E-state index in [1.165, 1.54) is 12.1 Å². The Morgan fingerprint density at radius 3 is 2.56 bits per heavy atom. The first kappa shape index (κ1) is 19.2. The Morgan fingerprint density at radius 1 is 1.32 bits per heavy atom. The molecule has 1 unspecified atom stereocenters. The van der Waals surface area contributed by atoms with Crippen molar-refractivity contribution in [3.63, 3.8) is 0 Å². The number of amides is 1. The maximum absolute atomic E-state index is 12.7. The van der Waals surface area contributed by atoms with Crippen LogP contribution in [0, 0.1) is 5.92 Å². The molecule has 1 aromatic carbocycles. The zero-order valence-electron chi connectivity index (χ0n) is 14.7. The normalized spacial score (nSPS) is 13.6. The number of nitrogens with zero attached hydrogens (tertiary/aromatic N) is 2. The molecule has 1 amide bonds. The van der Waals surface area contributed by atoms with Crippen LogP contribution < -0.4 is 5.32 Å². The molecule has 1 atom stereocenters. The van der Waals surface area contributed by atoms with Gasteiger partial charge in [0.2, 0.25) is 11.7 Å². The van der Waals surface area contributed by atoms with Gasteiger partial charge in [0, 0.05) is 11.7 Å². The number of carbonyl (C=O) groups is 1. The minimum Gasteiger partial charge on any atom is -0.334 e. The molecule has 0 spiro atoms. The van der Waals surface area contributed by atoms with Crippen molar-refractivity contribution in [2.45, 2.75) is 39.9 Å². The van der Waals surface area contributed by atoms with E-state index in [1.54, 1.807) is 6.07 Å². The molecule has 0 radical (unpaired) electrons. The van der Waals surface area contributed by atoms with Crippen LogP contribution in [0.5, 0.6) is 0 Å². The van der Waals surface area contributed by atoms with Crippen molar-refractivity contribution < 1.29 is 18.0 Å². The van der Waals surface area contributed by atoms with E-state index < -0.39 is 12.0 Å². The zero-order valence-corrected chi connectivity index (χ0v) is 14.7. The van der Waals surface area contributed by atoms with E-state index in [9.17, 15) is 18.0 Å². The monoisotopic (exact) mass is 356 g/mol. The van der Waals surface area contributed by atoms with Gasteiger partial charge in [-0.15, -0.1) is 0 Å². The van der Waals surface area contributed by atoms with Crippen molar-refractivity contribution in [1.82, 2.24) is 14.9 Å². The first-order chi connectivity index (χ1) is 11.6. The van der Waals surface area contributed by atoms with Crippen LogP contribution in [0.3, 0.4) is 0 Å². The van der Waals surface area contributed by atoms with Gasteiger partial charge in [0.25, 0.3) is 0 Å². The lowest BCUT2D eigenvalue weighted by molar-refractivity contribution is -0.144. The number of rotatable bonds is 6. The number of H-pyrrole nitrogens is 1. The number of imidazole rings is 1. The number of fused-ring (bicyclic) bond motifs is 1. The molecular weight excluding hydrogens is 333 g/mol. The molecule has 5 nitrogen and oxygen atoms in total. The lowest BCUT2D eigenvalue weighted by Gasteiger charge is -2.30. The molecule has 138 valence electrons. The third kappa shape index (κ3) is 4.72. The molecule has 2 N–H and O–H groups in total. The Morgan fingerprint density at radius 2 is 2.00 bits per heavy atom. The lowest BCUT2D eigenvalue weighted by atomic mass is 10.0. The second kappa shape index (κ2) is 7.43. The van der Waals surface area contributed by atoms with Crippen molar-refractivity contribution in [3.8, 4) is 0 Å². The Labute approximate surface area is 144 Å². The summed E-state index contributed by atoms with van der Waals surface area (Å²) < 4.78 is 38.1. The van der Waals surface area contributed by atoms with E-state index in [1.807, 2.05) is 6.92 Å². The van der Waals surface area contributed by atoms with Crippen molar-refractivity contribution in [2.24, 2.45) is 5.92 Å². The highest BCUT2D eigenvalue weighted by atomic mass is 19.4. The van der Waals surface area contributed by atoms with Crippen molar-refractivity contribution in [3.05, 3.63) is 24.0 Å². The standard InChI is InChI=1S/C17H23F3N4O/c1-5-24(11(4)10(2)3)9-15(25)21-12-6-7-13-14(8-12)23-16(22-13)17(18,19)20/h6-8,10-11H,5,9H2,1-4H3,(H,21,25)(H,22,23). The fourth-order valence-corrected chi connectivity index (χ4v) is 2.57. The van der Waals surface area contributed by atoms with Gasteiger partial charge in [0.1, 0.15) is 0 Å². The lowest BCUT2D eigenvalue weighted by Crippen LogP contribution is -2.41. The molecule has 0 aliphatic carbocycles. The average molecular weight is 356 g/mol. The fourth-order valence-electron chi connectivity index (χ4n) is 2.57. The number of aromatic nitrogens is 2. The van der Waals surface area contributed by atoms with Gasteiger partial charge in [0.05, 0.1) is 17.6 Å². The largest absolute Gasteiger partial charge is 0.449 e. The van der Waals surface area contributed by atoms with Gasteiger partial charge < -0.3 is 10.3 Å². The van der Waals surface area contributed by atoms with E-state index >= 15 is 0 Å². The highest BCUT2D eigenvalue weighted by Gasteiger charge is 2.34. The Bertz CT molecular complexity index is 739. The van der Waals surface area contributed by atoms with Crippen molar-refractivity contribution >= 4 is 22.6 Å². The predicted octanol–water partition coefficient (Wildman–Crippen LogP) is 3.89. The van der Waals surface area contributed by atoms with Gasteiger partial charge >= 0.3 is 6.18 Å². The Balaban J connectivity index is 2.10. The molecule has 2 rings (SSSR count). The summed E-state index contributed by atoms with van der Waals surface area (Å²) in [5.41, 5.74) is 0.866. The number of halogens is 3. The van der Waals surface area contributed by atoms with Gasteiger partial charge in [0.15, 0.2) is 0 Å². The molecule has 8 heteroatoms. The van der Waals surface area contributed by atoms with Crippen LogP contribution in [0.15, 0.2) is 18.2 Å². The maximum Gasteiger partial charge on any atom is 0.449 e. The number of aromatic amines is 1. The third-order valence-corrected chi connectivity index (χ3v) is 4.33. The predicted molar refractivity (Wildman–Crippen MR) is 91.3 cm³/mol. The van der Waals surface area contributed by atoms with Crippen molar-refractivity contribution in [2.75, 3.05) is 18.4 Å². The molecule has 2 aromatic rings. The second-order valence-electron chi connectivity index (χ2n) is 6.41. The summed E-state index contributed by atoms with van der Waals surface area (Å²) in [5.74, 6) is -0.840. The smallest absolute Gasteiger partial charge is 0.334 e. The van der Waals surface area contributed by atoms with Gasteiger partial charge in [-0.2, -0.15) is 13.2 Å². The minimum atomic E-state index is -4.53. The molecular formula is C17H23F3N4O. The van der Waals surface area contributed by atoms with E-state index in [2.05, 4.69) is 41.0 Å². The summed E-state index contributed by atoms with van der Waals surface area (Å²) in [4.78, 5) is 20.0. The van der Waals surface area contributed by atoms with Crippen LogP contribution in [0.25, 0.3) is 11.0 Å².